The molecule has 0 amide bonds. The van der Waals surface area contributed by atoms with E-state index in [1.54, 1.807) is 0 Å². The molecule has 0 aliphatic heterocycles. The molecule has 1 nitrogen and oxygen atoms in total. The van der Waals surface area contributed by atoms with Crippen LogP contribution >= 0.6 is 0 Å². The topological polar surface area (TPSA) is 12.0 Å². The summed E-state index contributed by atoms with van der Waals surface area (Å²) in [5, 5.41) is 3.82. The number of rotatable bonds is 4. The van der Waals surface area contributed by atoms with Gasteiger partial charge in [0.15, 0.2) is 0 Å². The quantitative estimate of drug-likeness (QED) is 0.804. The Bertz CT molecular complexity index is 586. The number of hydrogen-bond donors (Lipinski definition) is 1. The first-order valence-electron chi connectivity index (χ1n) is 8.03. The molecule has 3 rings (SSSR count). The van der Waals surface area contributed by atoms with Gasteiger partial charge in [-0.25, -0.2) is 0 Å². The molecule has 1 atom stereocenters. The van der Waals surface area contributed by atoms with Crippen molar-refractivity contribution in [3.63, 3.8) is 0 Å². The Balaban J connectivity index is 1.80. The van der Waals surface area contributed by atoms with Gasteiger partial charge < -0.3 is 5.32 Å². The molecule has 1 fully saturated rings. The van der Waals surface area contributed by atoms with Crippen LogP contribution in [-0.2, 0) is 6.42 Å². The second kappa shape index (κ2) is 5.93. The average molecular weight is 279 g/mol. The van der Waals surface area contributed by atoms with Gasteiger partial charge in [-0.3, -0.25) is 0 Å². The molecule has 2 aromatic rings. The van der Waals surface area contributed by atoms with Crippen LogP contribution in [0.4, 0.5) is 5.69 Å². The lowest BCUT2D eigenvalue weighted by molar-refractivity contribution is 0.350. The van der Waals surface area contributed by atoms with Crippen LogP contribution in [0.5, 0.6) is 0 Å². The Morgan fingerprint density at radius 3 is 2.43 bits per heavy atom. The first-order valence-corrected chi connectivity index (χ1v) is 8.03. The number of hydrogen-bond acceptors (Lipinski definition) is 1. The third-order valence-corrected chi connectivity index (χ3v) is 4.84. The van der Waals surface area contributed by atoms with Crippen molar-refractivity contribution in [2.45, 2.75) is 45.6 Å². The van der Waals surface area contributed by atoms with Gasteiger partial charge in [-0.1, -0.05) is 68.8 Å². The summed E-state index contributed by atoms with van der Waals surface area (Å²) in [5.74, 6) is 0. The number of benzene rings is 2. The molecule has 2 aromatic carbocycles. The van der Waals surface area contributed by atoms with Crippen LogP contribution in [0.15, 0.2) is 54.6 Å². The maximum absolute atomic E-state index is 3.82. The highest BCUT2D eigenvalue weighted by atomic mass is 14.9. The standard InChI is InChI=1S/C20H25N/c1-20(2)14-8-13-19(20)21-18-12-7-6-11-17(18)15-16-9-4-3-5-10-16/h3-7,9-12,19,21H,8,13-15H2,1-2H3. The summed E-state index contributed by atoms with van der Waals surface area (Å²) >= 11 is 0. The van der Waals surface area contributed by atoms with E-state index in [0.717, 1.165) is 6.42 Å². The normalized spacial score (nSPS) is 20.4. The van der Waals surface area contributed by atoms with Gasteiger partial charge in [-0.15, -0.1) is 0 Å². The van der Waals surface area contributed by atoms with Gasteiger partial charge in [-0.2, -0.15) is 0 Å². The minimum absolute atomic E-state index is 0.403. The molecule has 110 valence electrons. The number of para-hydroxylation sites is 1. The van der Waals surface area contributed by atoms with Gasteiger partial charge in [0.05, 0.1) is 0 Å². The lowest BCUT2D eigenvalue weighted by Gasteiger charge is -2.29. The van der Waals surface area contributed by atoms with Crippen LogP contribution < -0.4 is 5.32 Å². The Kier molecular flexibility index (Phi) is 4.01. The smallest absolute Gasteiger partial charge is 0.0378 e. The van der Waals surface area contributed by atoms with Gasteiger partial charge in [-0.05, 0) is 41.9 Å². The fourth-order valence-corrected chi connectivity index (χ4v) is 3.41. The van der Waals surface area contributed by atoms with Crippen molar-refractivity contribution < 1.29 is 0 Å². The molecule has 0 aromatic heterocycles. The predicted molar refractivity (Wildman–Crippen MR) is 90.7 cm³/mol. The molecule has 1 aliphatic carbocycles. The molecule has 21 heavy (non-hydrogen) atoms. The van der Waals surface area contributed by atoms with E-state index in [4.69, 9.17) is 0 Å². The summed E-state index contributed by atoms with van der Waals surface area (Å²) in [4.78, 5) is 0. The average Bonchev–Trinajstić information content (AvgIpc) is 2.81. The van der Waals surface area contributed by atoms with E-state index in [1.807, 2.05) is 0 Å². The van der Waals surface area contributed by atoms with Crippen LogP contribution in [0.25, 0.3) is 0 Å². The third-order valence-electron chi connectivity index (χ3n) is 4.84. The summed E-state index contributed by atoms with van der Waals surface area (Å²) in [6, 6.07) is 20.1. The summed E-state index contributed by atoms with van der Waals surface area (Å²) in [6.07, 6.45) is 4.95. The van der Waals surface area contributed by atoms with Crippen LogP contribution in [-0.4, -0.2) is 6.04 Å². The molecule has 1 unspecified atom stereocenters. The Labute approximate surface area is 128 Å². The van der Waals surface area contributed by atoms with Crippen LogP contribution in [0, 0.1) is 5.41 Å². The van der Waals surface area contributed by atoms with E-state index in [-0.39, 0.29) is 0 Å². The largest absolute Gasteiger partial charge is 0.382 e. The van der Waals surface area contributed by atoms with Crippen LogP contribution in [0.2, 0.25) is 0 Å². The molecular weight excluding hydrogens is 254 g/mol. The molecule has 1 saturated carbocycles. The highest BCUT2D eigenvalue weighted by molar-refractivity contribution is 5.53. The van der Waals surface area contributed by atoms with Gasteiger partial charge in [0.1, 0.15) is 0 Å². The monoisotopic (exact) mass is 279 g/mol. The first-order chi connectivity index (χ1) is 10.1. The molecule has 1 heteroatoms. The number of anilines is 1. The Morgan fingerprint density at radius 2 is 1.71 bits per heavy atom. The molecular formula is C20H25N. The van der Waals surface area contributed by atoms with E-state index in [9.17, 15) is 0 Å². The van der Waals surface area contributed by atoms with E-state index in [1.165, 1.54) is 36.1 Å². The molecule has 1 aliphatic rings. The van der Waals surface area contributed by atoms with E-state index in [2.05, 4.69) is 73.8 Å². The predicted octanol–water partition coefficient (Wildman–Crippen LogP) is 5.27. The molecule has 1 N–H and O–H groups in total. The summed E-state index contributed by atoms with van der Waals surface area (Å²) in [5.41, 5.74) is 4.48. The van der Waals surface area contributed by atoms with Crippen molar-refractivity contribution >= 4 is 5.69 Å². The summed E-state index contributed by atoms with van der Waals surface area (Å²) in [7, 11) is 0. The van der Waals surface area contributed by atoms with Gasteiger partial charge in [0, 0.05) is 11.7 Å². The van der Waals surface area contributed by atoms with E-state index < -0.39 is 0 Å². The highest BCUT2D eigenvalue weighted by Gasteiger charge is 2.34. The Morgan fingerprint density at radius 1 is 1.00 bits per heavy atom. The van der Waals surface area contributed by atoms with Crippen molar-refractivity contribution in [2.24, 2.45) is 5.41 Å². The minimum Gasteiger partial charge on any atom is -0.382 e. The van der Waals surface area contributed by atoms with Crippen molar-refractivity contribution in [1.82, 2.24) is 0 Å². The minimum atomic E-state index is 0.403. The molecule has 0 saturated heterocycles. The fraction of sp³-hybridized carbons (Fsp3) is 0.400. The van der Waals surface area contributed by atoms with Crippen molar-refractivity contribution in [2.75, 3.05) is 5.32 Å². The Hall–Kier alpha value is -1.76. The highest BCUT2D eigenvalue weighted by Crippen LogP contribution is 2.39. The zero-order valence-corrected chi connectivity index (χ0v) is 13.1. The van der Waals surface area contributed by atoms with Crippen molar-refractivity contribution in [3.8, 4) is 0 Å². The second-order valence-electron chi connectivity index (χ2n) is 6.90. The summed E-state index contributed by atoms with van der Waals surface area (Å²) in [6.45, 7) is 4.77. The lowest BCUT2D eigenvalue weighted by atomic mass is 9.87. The van der Waals surface area contributed by atoms with Gasteiger partial charge in [0.2, 0.25) is 0 Å². The number of nitrogens with one attached hydrogen (secondary N) is 1. The molecule has 0 radical (unpaired) electrons. The first kappa shape index (κ1) is 14.2. The SMILES string of the molecule is CC1(C)CCCC1Nc1ccccc1Cc1ccccc1. The molecule has 0 bridgehead atoms. The second-order valence-corrected chi connectivity index (χ2v) is 6.90. The van der Waals surface area contributed by atoms with Crippen molar-refractivity contribution in [1.29, 1.82) is 0 Å². The van der Waals surface area contributed by atoms with Gasteiger partial charge in [0.25, 0.3) is 0 Å². The maximum Gasteiger partial charge on any atom is 0.0378 e. The van der Waals surface area contributed by atoms with Crippen molar-refractivity contribution in [3.05, 3.63) is 65.7 Å². The molecule has 0 heterocycles. The summed E-state index contributed by atoms with van der Waals surface area (Å²) < 4.78 is 0. The van der Waals surface area contributed by atoms with Crippen LogP contribution in [0.1, 0.15) is 44.2 Å². The zero-order chi connectivity index (χ0) is 14.7. The fourth-order valence-electron chi connectivity index (χ4n) is 3.41. The maximum atomic E-state index is 3.82. The van der Waals surface area contributed by atoms with Crippen LogP contribution in [0.3, 0.4) is 0 Å². The zero-order valence-electron chi connectivity index (χ0n) is 13.1. The molecule has 0 spiro atoms. The van der Waals surface area contributed by atoms with E-state index in [0.29, 0.717) is 11.5 Å². The van der Waals surface area contributed by atoms with Gasteiger partial charge >= 0.3 is 0 Å². The third kappa shape index (κ3) is 3.29. The lowest BCUT2D eigenvalue weighted by Crippen LogP contribution is -2.31. The van der Waals surface area contributed by atoms with E-state index >= 15 is 0 Å².